The van der Waals surface area contributed by atoms with Crippen LogP contribution in [0.4, 0.5) is 15.8 Å². The number of nitrogens with one attached hydrogen (secondary N) is 1. The van der Waals surface area contributed by atoms with Gasteiger partial charge in [0.25, 0.3) is 5.91 Å². The average Bonchev–Trinajstić information content (AvgIpc) is 2.83. The summed E-state index contributed by atoms with van der Waals surface area (Å²) in [4.78, 5) is 20.5. The van der Waals surface area contributed by atoms with E-state index >= 15 is 0 Å². The van der Waals surface area contributed by atoms with Gasteiger partial charge in [-0.15, -0.1) is 11.8 Å². The van der Waals surface area contributed by atoms with Gasteiger partial charge in [0.15, 0.2) is 0 Å². The van der Waals surface area contributed by atoms with E-state index in [4.69, 9.17) is 4.74 Å². The summed E-state index contributed by atoms with van der Waals surface area (Å²) in [6, 6.07) is 15.5. The smallest absolute Gasteiger partial charge is 0.270 e. The number of halogens is 1. The predicted octanol–water partition coefficient (Wildman–Crippen LogP) is 5.98. The molecule has 5 nitrogen and oxygen atoms in total. The molecule has 34 heavy (non-hydrogen) atoms. The maximum absolute atomic E-state index is 14.8. The van der Waals surface area contributed by atoms with Crippen molar-refractivity contribution in [2.45, 2.75) is 43.5 Å². The van der Waals surface area contributed by atoms with Gasteiger partial charge >= 0.3 is 0 Å². The predicted molar refractivity (Wildman–Crippen MR) is 134 cm³/mol. The minimum absolute atomic E-state index is 0.0878. The van der Waals surface area contributed by atoms with Crippen LogP contribution in [0.5, 0.6) is 5.88 Å². The van der Waals surface area contributed by atoms with E-state index in [0.29, 0.717) is 42.8 Å². The number of hydrogen-bond acceptors (Lipinski definition) is 5. The second-order valence-corrected chi connectivity index (χ2v) is 9.72. The second-order valence-electron chi connectivity index (χ2n) is 8.85. The highest BCUT2D eigenvalue weighted by Crippen LogP contribution is 2.42. The van der Waals surface area contributed by atoms with Crippen LogP contribution in [-0.4, -0.2) is 30.3 Å². The molecule has 1 fully saturated rings. The number of pyridine rings is 1. The van der Waals surface area contributed by atoms with E-state index in [1.807, 2.05) is 55.6 Å². The van der Waals surface area contributed by atoms with Crippen molar-refractivity contribution in [3.8, 4) is 5.88 Å². The number of rotatable bonds is 6. The van der Waals surface area contributed by atoms with Gasteiger partial charge in [0.1, 0.15) is 23.8 Å². The molecule has 3 aromatic rings. The van der Waals surface area contributed by atoms with Gasteiger partial charge in [0, 0.05) is 17.1 Å². The van der Waals surface area contributed by atoms with Crippen LogP contribution in [0, 0.1) is 12.7 Å². The van der Waals surface area contributed by atoms with E-state index in [0.717, 1.165) is 41.8 Å². The molecule has 5 rings (SSSR count). The van der Waals surface area contributed by atoms with Crippen molar-refractivity contribution in [1.29, 1.82) is 0 Å². The molecule has 2 heterocycles. The van der Waals surface area contributed by atoms with Crippen LogP contribution in [0.2, 0.25) is 0 Å². The fourth-order valence-corrected chi connectivity index (χ4v) is 4.87. The van der Waals surface area contributed by atoms with Crippen LogP contribution >= 0.6 is 11.8 Å². The van der Waals surface area contributed by atoms with E-state index in [1.165, 1.54) is 4.90 Å². The SMILES string of the molecule is CSc1ccc(CNC(=O)c2ccc3c(n2)OCCN3c2cc(C)c(F)c(C3CCC3)c2)cc1. The molecule has 1 aliphatic heterocycles. The lowest BCUT2D eigenvalue weighted by atomic mass is 9.79. The van der Waals surface area contributed by atoms with Crippen LogP contribution in [0.25, 0.3) is 0 Å². The molecule has 2 aliphatic rings. The zero-order valence-electron chi connectivity index (χ0n) is 19.4. The number of nitrogens with zero attached hydrogens (tertiary/aromatic N) is 2. The van der Waals surface area contributed by atoms with Gasteiger partial charge in [0.2, 0.25) is 5.88 Å². The largest absolute Gasteiger partial charge is 0.474 e. The average molecular weight is 478 g/mol. The first-order chi connectivity index (χ1) is 16.5. The summed E-state index contributed by atoms with van der Waals surface area (Å²) in [5, 5.41) is 2.93. The van der Waals surface area contributed by atoms with Crippen molar-refractivity contribution in [3.63, 3.8) is 0 Å². The Morgan fingerprint density at radius 1 is 1.21 bits per heavy atom. The van der Waals surface area contributed by atoms with Crippen molar-refractivity contribution in [1.82, 2.24) is 10.3 Å². The molecule has 1 saturated carbocycles. The third-order valence-corrected chi connectivity index (χ3v) is 7.40. The first-order valence-electron chi connectivity index (χ1n) is 11.7. The number of anilines is 2. The summed E-state index contributed by atoms with van der Waals surface area (Å²) in [7, 11) is 0. The van der Waals surface area contributed by atoms with Crippen molar-refractivity contribution in [2.75, 3.05) is 24.3 Å². The first-order valence-corrected chi connectivity index (χ1v) is 12.9. The Kier molecular flexibility index (Phi) is 6.46. The van der Waals surface area contributed by atoms with E-state index in [1.54, 1.807) is 17.8 Å². The molecule has 1 aliphatic carbocycles. The number of fused-ring (bicyclic) bond motifs is 1. The van der Waals surface area contributed by atoms with Gasteiger partial charge in [0.05, 0.1) is 6.54 Å². The monoisotopic (exact) mass is 477 g/mol. The Balaban J connectivity index is 1.35. The van der Waals surface area contributed by atoms with E-state index < -0.39 is 0 Å². The molecule has 0 unspecified atom stereocenters. The van der Waals surface area contributed by atoms with Crippen molar-refractivity contribution < 1.29 is 13.9 Å². The lowest BCUT2D eigenvalue weighted by Crippen LogP contribution is -2.30. The lowest BCUT2D eigenvalue weighted by Gasteiger charge is -2.33. The lowest BCUT2D eigenvalue weighted by molar-refractivity contribution is 0.0944. The van der Waals surface area contributed by atoms with Crippen molar-refractivity contribution >= 4 is 29.0 Å². The Morgan fingerprint density at radius 2 is 2.00 bits per heavy atom. The molecular formula is C27H28FN3O2S. The summed E-state index contributed by atoms with van der Waals surface area (Å²) >= 11 is 1.68. The molecule has 0 saturated heterocycles. The third kappa shape index (κ3) is 4.49. The maximum atomic E-state index is 14.8. The summed E-state index contributed by atoms with van der Waals surface area (Å²) in [5.74, 6) is 0.396. The highest BCUT2D eigenvalue weighted by Gasteiger charge is 2.27. The van der Waals surface area contributed by atoms with E-state index in [-0.39, 0.29) is 11.7 Å². The van der Waals surface area contributed by atoms with Gasteiger partial charge in [-0.2, -0.15) is 0 Å². The summed E-state index contributed by atoms with van der Waals surface area (Å²) in [6.07, 6.45) is 5.28. The number of aromatic nitrogens is 1. The maximum Gasteiger partial charge on any atom is 0.270 e. The van der Waals surface area contributed by atoms with Crippen molar-refractivity contribution in [2.24, 2.45) is 0 Å². The van der Waals surface area contributed by atoms with Gasteiger partial charge in [-0.3, -0.25) is 4.79 Å². The molecule has 176 valence electrons. The first kappa shape index (κ1) is 22.7. The molecule has 0 atom stereocenters. The Morgan fingerprint density at radius 3 is 2.71 bits per heavy atom. The molecule has 1 aromatic heterocycles. The highest BCUT2D eigenvalue weighted by molar-refractivity contribution is 7.98. The fraction of sp³-hybridized carbons (Fsp3) is 0.333. The number of carbonyl (C=O) groups excluding carboxylic acids is 1. The second kappa shape index (κ2) is 9.66. The Labute approximate surface area is 203 Å². The number of amides is 1. The van der Waals surface area contributed by atoms with Crippen LogP contribution in [0.15, 0.2) is 53.4 Å². The molecule has 1 amide bonds. The number of carbonyl (C=O) groups is 1. The molecular weight excluding hydrogens is 449 g/mol. The highest BCUT2D eigenvalue weighted by atomic mass is 32.2. The molecule has 2 aromatic carbocycles. The topological polar surface area (TPSA) is 54.5 Å². The van der Waals surface area contributed by atoms with Gasteiger partial charge < -0.3 is 15.0 Å². The molecule has 0 spiro atoms. The molecule has 0 radical (unpaired) electrons. The van der Waals surface area contributed by atoms with Crippen LogP contribution < -0.4 is 15.0 Å². The van der Waals surface area contributed by atoms with Gasteiger partial charge in [-0.1, -0.05) is 18.6 Å². The van der Waals surface area contributed by atoms with E-state index in [9.17, 15) is 9.18 Å². The van der Waals surface area contributed by atoms with Crippen molar-refractivity contribution in [3.05, 3.63) is 76.7 Å². The van der Waals surface area contributed by atoms with Crippen LogP contribution in [0.1, 0.15) is 52.4 Å². The summed E-state index contributed by atoms with van der Waals surface area (Å²) < 4.78 is 20.6. The molecule has 7 heteroatoms. The number of ether oxygens (including phenoxy) is 1. The van der Waals surface area contributed by atoms with Crippen LogP contribution in [-0.2, 0) is 6.54 Å². The quantitative estimate of drug-likeness (QED) is 0.443. The standard InChI is InChI=1S/C27H28FN3O2S/c1-17-14-20(15-22(25(17)28)19-4-3-5-19)31-12-13-33-27-24(31)11-10-23(30-27)26(32)29-16-18-6-8-21(34-2)9-7-18/h6-11,14-15,19H,3-5,12-13,16H2,1-2H3,(H,29,32). The minimum atomic E-state index is -0.248. The zero-order chi connectivity index (χ0) is 23.7. The van der Waals surface area contributed by atoms with Gasteiger partial charge in [-0.05, 0) is 85.0 Å². The zero-order valence-corrected chi connectivity index (χ0v) is 20.3. The summed E-state index contributed by atoms with van der Waals surface area (Å²) in [5.41, 5.74) is 4.54. The van der Waals surface area contributed by atoms with Crippen LogP contribution in [0.3, 0.4) is 0 Å². The normalized spacial score (nSPS) is 15.3. The number of aryl methyl sites for hydroxylation is 1. The number of thioether (sulfide) groups is 1. The number of hydrogen-bond donors (Lipinski definition) is 1. The summed E-state index contributed by atoms with van der Waals surface area (Å²) in [6.45, 7) is 3.34. The van der Waals surface area contributed by atoms with E-state index in [2.05, 4.69) is 15.2 Å². The third-order valence-electron chi connectivity index (χ3n) is 6.65. The molecule has 0 bridgehead atoms. The fourth-order valence-electron chi connectivity index (χ4n) is 4.46. The minimum Gasteiger partial charge on any atom is -0.474 e. The number of benzene rings is 2. The molecule has 1 N–H and O–H groups in total. The Bertz CT molecular complexity index is 1210. The van der Waals surface area contributed by atoms with Gasteiger partial charge in [-0.25, -0.2) is 9.37 Å². The Hall–Kier alpha value is -3.06.